The van der Waals surface area contributed by atoms with Crippen molar-refractivity contribution in [2.75, 3.05) is 20.2 Å². The lowest BCUT2D eigenvalue weighted by molar-refractivity contribution is -0.137. The van der Waals surface area contributed by atoms with Crippen molar-refractivity contribution in [3.8, 4) is 5.75 Å². The van der Waals surface area contributed by atoms with Crippen molar-refractivity contribution >= 4 is 22.8 Å². The number of benzene rings is 1. The molecule has 0 saturated carbocycles. The van der Waals surface area contributed by atoms with E-state index >= 15 is 0 Å². The lowest BCUT2D eigenvalue weighted by atomic mass is 10.2. The number of hydrogen-bond donors (Lipinski definition) is 2. The van der Waals surface area contributed by atoms with Crippen LogP contribution in [-0.4, -0.2) is 47.1 Å². The molecule has 0 saturated heterocycles. The molecule has 0 bridgehead atoms. The highest BCUT2D eigenvalue weighted by Crippen LogP contribution is 2.22. The van der Waals surface area contributed by atoms with Crippen LogP contribution in [0.25, 0.3) is 10.9 Å². The fraction of sp³-hybridized carbons (Fsp3) is 0.375. The number of carboxylic acids is 1. The molecule has 1 aromatic heterocycles. The molecule has 1 aromatic carbocycles. The number of carbonyl (C=O) groups is 2. The summed E-state index contributed by atoms with van der Waals surface area (Å²) < 4.78 is 5.16. The van der Waals surface area contributed by atoms with Crippen LogP contribution in [0.2, 0.25) is 0 Å². The molecular formula is C16H20N2O4. The number of nitrogens with zero attached hydrogens (tertiary/aromatic N) is 1. The average molecular weight is 304 g/mol. The molecule has 6 nitrogen and oxygen atoms in total. The number of hydrogen-bond acceptors (Lipinski definition) is 3. The molecule has 1 amide bonds. The Labute approximate surface area is 128 Å². The smallest absolute Gasteiger partial charge is 0.323 e. The van der Waals surface area contributed by atoms with E-state index in [-0.39, 0.29) is 18.4 Å². The second-order valence-corrected chi connectivity index (χ2v) is 5.61. The number of nitrogens with one attached hydrogen (secondary N) is 1. The summed E-state index contributed by atoms with van der Waals surface area (Å²) in [6.45, 7) is 3.97. The van der Waals surface area contributed by atoms with E-state index in [1.54, 1.807) is 19.2 Å². The van der Waals surface area contributed by atoms with Gasteiger partial charge in [0.15, 0.2) is 0 Å². The quantitative estimate of drug-likeness (QED) is 0.858. The second-order valence-electron chi connectivity index (χ2n) is 5.61. The van der Waals surface area contributed by atoms with Gasteiger partial charge in [-0.15, -0.1) is 0 Å². The number of rotatable bonds is 6. The number of H-pyrrole nitrogens is 1. The van der Waals surface area contributed by atoms with Crippen LogP contribution in [0.3, 0.4) is 0 Å². The number of amides is 1. The van der Waals surface area contributed by atoms with Gasteiger partial charge >= 0.3 is 5.97 Å². The van der Waals surface area contributed by atoms with E-state index in [1.807, 2.05) is 26.0 Å². The van der Waals surface area contributed by atoms with E-state index < -0.39 is 5.97 Å². The average Bonchev–Trinajstić information content (AvgIpc) is 2.87. The van der Waals surface area contributed by atoms with Gasteiger partial charge in [-0.2, -0.15) is 0 Å². The summed E-state index contributed by atoms with van der Waals surface area (Å²) in [6.07, 6.45) is 0. The fourth-order valence-corrected chi connectivity index (χ4v) is 2.35. The van der Waals surface area contributed by atoms with Crippen molar-refractivity contribution in [2.24, 2.45) is 5.92 Å². The summed E-state index contributed by atoms with van der Waals surface area (Å²) in [7, 11) is 1.58. The second kappa shape index (κ2) is 6.51. The Bertz CT molecular complexity index is 691. The molecule has 0 radical (unpaired) electrons. The third-order valence-corrected chi connectivity index (χ3v) is 3.26. The lowest BCUT2D eigenvalue weighted by Gasteiger charge is -2.22. The van der Waals surface area contributed by atoms with Gasteiger partial charge in [0.25, 0.3) is 5.91 Å². The number of carboxylic acid groups (broad SMARTS) is 1. The van der Waals surface area contributed by atoms with Gasteiger partial charge in [-0.05, 0) is 30.2 Å². The van der Waals surface area contributed by atoms with E-state index in [0.29, 0.717) is 18.0 Å². The zero-order valence-electron chi connectivity index (χ0n) is 12.9. The van der Waals surface area contributed by atoms with Crippen LogP contribution in [0.15, 0.2) is 24.3 Å². The van der Waals surface area contributed by atoms with E-state index in [2.05, 4.69) is 4.98 Å². The predicted molar refractivity (Wildman–Crippen MR) is 83.2 cm³/mol. The fourth-order valence-electron chi connectivity index (χ4n) is 2.35. The van der Waals surface area contributed by atoms with Gasteiger partial charge in [0, 0.05) is 17.4 Å². The SMILES string of the molecule is COc1ccc2[nH]c(C(=O)N(CC(=O)O)CC(C)C)cc2c1. The van der Waals surface area contributed by atoms with Crippen molar-refractivity contribution in [2.45, 2.75) is 13.8 Å². The predicted octanol–water partition coefficient (Wildman–Crippen LogP) is 2.36. The van der Waals surface area contributed by atoms with Crippen LogP contribution < -0.4 is 4.74 Å². The van der Waals surface area contributed by atoms with Gasteiger partial charge in [0.05, 0.1) is 7.11 Å². The number of aliphatic carboxylic acids is 1. The van der Waals surface area contributed by atoms with Gasteiger partial charge in [-0.25, -0.2) is 0 Å². The molecule has 1 heterocycles. The van der Waals surface area contributed by atoms with Gasteiger partial charge < -0.3 is 19.7 Å². The molecule has 0 aliphatic rings. The van der Waals surface area contributed by atoms with Gasteiger partial charge in [0.2, 0.25) is 0 Å². The molecular weight excluding hydrogens is 284 g/mol. The number of fused-ring (bicyclic) bond motifs is 1. The summed E-state index contributed by atoms with van der Waals surface area (Å²) in [5.74, 6) is -0.444. The highest BCUT2D eigenvalue weighted by molar-refractivity contribution is 5.99. The summed E-state index contributed by atoms with van der Waals surface area (Å²) >= 11 is 0. The van der Waals surface area contributed by atoms with Crippen molar-refractivity contribution in [3.63, 3.8) is 0 Å². The molecule has 22 heavy (non-hydrogen) atoms. The molecule has 2 N–H and O–H groups in total. The Morgan fingerprint density at radius 3 is 2.64 bits per heavy atom. The maximum Gasteiger partial charge on any atom is 0.323 e. The minimum Gasteiger partial charge on any atom is -0.497 e. The number of aromatic nitrogens is 1. The van der Waals surface area contributed by atoms with Crippen LogP contribution >= 0.6 is 0 Å². The monoisotopic (exact) mass is 304 g/mol. The number of aromatic amines is 1. The Hall–Kier alpha value is -2.50. The molecule has 0 atom stereocenters. The summed E-state index contributed by atoms with van der Waals surface area (Å²) in [6, 6.07) is 7.17. The molecule has 0 fully saturated rings. The normalized spacial score (nSPS) is 10.9. The Morgan fingerprint density at radius 1 is 1.32 bits per heavy atom. The zero-order chi connectivity index (χ0) is 16.3. The maximum absolute atomic E-state index is 12.5. The minimum atomic E-state index is -1.02. The van der Waals surface area contributed by atoms with Gasteiger partial charge in [0.1, 0.15) is 18.0 Å². The Morgan fingerprint density at radius 2 is 2.05 bits per heavy atom. The highest BCUT2D eigenvalue weighted by Gasteiger charge is 2.21. The first-order chi connectivity index (χ1) is 10.4. The van der Waals surface area contributed by atoms with E-state index in [9.17, 15) is 9.59 Å². The third-order valence-electron chi connectivity index (χ3n) is 3.26. The molecule has 0 aliphatic carbocycles. The van der Waals surface area contributed by atoms with Crippen molar-refractivity contribution in [3.05, 3.63) is 30.0 Å². The Kier molecular flexibility index (Phi) is 4.70. The van der Waals surface area contributed by atoms with Gasteiger partial charge in [-0.3, -0.25) is 9.59 Å². The van der Waals surface area contributed by atoms with Crippen LogP contribution in [0, 0.1) is 5.92 Å². The standard InChI is InChI=1S/C16H20N2O4/c1-10(2)8-18(9-15(19)20)16(21)14-7-11-6-12(22-3)4-5-13(11)17-14/h4-7,10,17H,8-9H2,1-3H3,(H,19,20). The van der Waals surface area contributed by atoms with Crippen molar-refractivity contribution in [1.82, 2.24) is 9.88 Å². The first-order valence-electron chi connectivity index (χ1n) is 7.08. The first kappa shape index (κ1) is 15.9. The summed E-state index contributed by atoms with van der Waals surface area (Å²) in [5, 5.41) is 9.83. The van der Waals surface area contributed by atoms with E-state index in [0.717, 1.165) is 10.9 Å². The molecule has 2 aromatic rings. The van der Waals surface area contributed by atoms with Crippen molar-refractivity contribution in [1.29, 1.82) is 0 Å². The van der Waals surface area contributed by atoms with Crippen molar-refractivity contribution < 1.29 is 19.4 Å². The van der Waals surface area contributed by atoms with Crippen LogP contribution in [0.5, 0.6) is 5.75 Å². The third kappa shape index (κ3) is 3.58. The molecule has 118 valence electrons. The van der Waals surface area contributed by atoms with Crippen LogP contribution in [0.1, 0.15) is 24.3 Å². The van der Waals surface area contributed by atoms with E-state index in [1.165, 1.54) is 4.90 Å². The summed E-state index contributed by atoms with van der Waals surface area (Å²) in [4.78, 5) is 27.9. The van der Waals surface area contributed by atoms with Gasteiger partial charge in [-0.1, -0.05) is 13.8 Å². The zero-order valence-corrected chi connectivity index (χ0v) is 12.9. The topological polar surface area (TPSA) is 82.6 Å². The highest BCUT2D eigenvalue weighted by atomic mass is 16.5. The van der Waals surface area contributed by atoms with E-state index in [4.69, 9.17) is 9.84 Å². The van der Waals surface area contributed by atoms with Crippen LogP contribution in [-0.2, 0) is 4.79 Å². The minimum absolute atomic E-state index is 0.188. The number of methoxy groups -OCH3 is 1. The molecule has 0 spiro atoms. The largest absolute Gasteiger partial charge is 0.497 e. The van der Waals surface area contributed by atoms with Crippen LogP contribution in [0.4, 0.5) is 0 Å². The lowest BCUT2D eigenvalue weighted by Crippen LogP contribution is -2.38. The maximum atomic E-state index is 12.5. The summed E-state index contributed by atoms with van der Waals surface area (Å²) in [5.41, 5.74) is 1.19. The molecule has 0 aliphatic heterocycles. The molecule has 2 rings (SSSR count). The number of carbonyl (C=O) groups excluding carboxylic acids is 1. The molecule has 0 unspecified atom stereocenters. The molecule has 6 heteroatoms. The number of ether oxygens (including phenoxy) is 1. The Balaban J connectivity index is 2.31. The first-order valence-corrected chi connectivity index (χ1v) is 7.08.